The number of ether oxygens (including phenoxy) is 1. The van der Waals surface area contributed by atoms with Crippen LogP contribution in [0.2, 0.25) is 0 Å². The van der Waals surface area contributed by atoms with E-state index in [1.165, 1.54) is 11.3 Å². The lowest BCUT2D eigenvalue weighted by Gasteiger charge is -2.13. The van der Waals surface area contributed by atoms with Gasteiger partial charge in [-0.1, -0.05) is 0 Å². The Morgan fingerprint density at radius 3 is 2.58 bits per heavy atom. The SMILES string of the molecule is Cc1c(C)n(C)c2ccc(OCCN(C)C)c(N)c12. The molecule has 2 rings (SSSR count). The lowest BCUT2D eigenvalue weighted by molar-refractivity contribution is 0.262. The largest absolute Gasteiger partial charge is 0.490 e. The number of anilines is 1. The molecule has 0 spiro atoms. The molecule has 0 aliphatic carbocycles. The third-order valence-corrected chi connectivity index (χ3v) is 3.76. The molecule has 1 aromatic carbocycles. The van der Waals surface area contributed by atoms with E-state index in [4.69, 9.17) is 10.5 Å². The molecular formula is C15H23N3O. The van der Waals surface area contributed by atoms with E-state index in [1.807, 2.05) is 20.2 Å². The van der Waals surface area contributed by atoms with Gasteiger partial charge in [0.25, 0.3) is 0 Å². The van der Waals surface area contributed by atoms with E-state index in [2.05, 4.69) is 36.4 Å². The van der Waals surface area contributed by atoms with Gasteiger partial charge in [0, 0.05) is 24.7 Å². The summed E-state index contributed by atoms with van der Waals surface area (Å²) in [4.78, 5) is 2.09. The average molecular weight is 261 g/mol. The molecule has 0 unspecified atom stereocenters. The molecule has 2 aromatic rings. The van der Waals surface area contributed by atoms with Gasteiger partial charge < -0.3 is 19.9 Å². The summed E-state index contributed by atoms with van der Waals surface area (Å²) in [7, 11) is 6.12. The predicted octanol–water partition coefficient (Wildman–Crippen LogP) is 2.32. The first-order valence-electron chi connectivity index (χ1n) is 6.55. The minimum atomic E-state index is 0.646. The van der Waals surface area contributed by atoms with Crippen LogP contribution < -0.4 is 10.5 Å². The Labute approximate surface area is 114 Å². The highest BCUT2D eigenvalue weighted by atomic mass is 16.5. The van der Waals surface area contributed by atoms with Crippen molar-refractivity contribution in [2.75, 3.05) is 33.0 Å². The predicted molar refractivity (Wildman–Crippen MR) is 80.9 cm³/mol. The van der Waals surface area contributed by atoms with Gasteiger partial charge in [0.2, 0.25) is 0 Å². The summed E-state index contributed by atoms with van der Waals surface area (Å²) in [5, 5.41) is 1.11. The van der Waals surface area contributed by atoms with Crippen LogP contribution in [-0.2, 0) is 7.05 Å². The Morgan fingerprint density at radius 1 is 1.26 bits per heavy atom. The van der Waals surface area contributed by atoms with Crippen LogP contribution in [0.5, 0.6) is 5.75 Å². The Hall–Kier alpha value is -1.68. The second kappa shape index (κ2) is 5.13. The summed E-state index contributed by atoms with van der Waals surface area (Å²) < 4.78 is 7.96. The van der Waals surface area contributed by atoms with Gasteiger partial charge in [-0.2, -0.15) is 0 Å². The third-order valence-electron chi connectivity index (χ3n) is 3.76. The molecule has 0 radical (unpaired) electrons. The number of nitrogens with zero attached hydrogens (tertiary/aromatic N) is 2. The minimum absolute atomic E-state index is 0.646. The average Bonchev–Trinajstić information content (AvgIpc) is 2.57. The van der Waals surface area contributed by atoms with Crippen LogP contribution in [0.15, 0.2) is 12.1 Å². The van der Waals surface area contributed by atoms with Crippen molar-refractivity contribution in [2.24, 2.45) is 7.05 Å². The monoisotopic (exact) mass is 261 g/mol. The van der Waals surface area contributed by atoms with Gasteiger partial charge in [0.1, 0.15) is 12.4 Å². The highest BCUT2D eigenvalue weighted by Gasteiger charge is 2.14. The third kappa shape index (κ3) is 2.40. The van der Waals surface area contributed by atoms with E-state index in [-0.39, 0.29) is 0 Å². The highest BCUT2D eigenvalue weighted by Crippen LogP contribution is 2.35. The van der Waals surface area contributed by atoms with E-state index in [0.29, 0.717) is 6.61 Å². The van der Waals surface area contributed by atoms with Gasteiger partial charge in [-0.05, 0) is 45.6 Å². The molecule has 4 heteroatoms. The molecule has 0 aliphatic rings. The smallest absolute Gasteiger partial charge is 0.143 e. The van der Waals surface area contributed by atoms with Gasteiger partial charge in [0.15, 0.2) is 0 Å². The zero-order valence-electron chi connectivity index (χ0n) is 12.4. The molecule has 1 heterocycles. The normalized spacial score (nSPS) is 11.5. The summed E-state index contributed by atoms with van der Waals surface area (Å²) in [5.41, 5.74) is 10.6. The molecule has 4 nitrogen and oxygen atoms in total. The number of aromatic nitrogens is 1. The van der Waals surface area contributed by atoms with E-state index < -0.39 is 0 Å². The fraction of sp³-hybridized carbons (Fsp3) is 0.467. The molecule has 19 heavy (non-hydrogen) atoms. The fourth-order valence-electron chi connectivity index (χ4n) is 2.34. The van der Waals surface area contributed by atoms with Gasteiger partial charge in [-0.15, -0.1) is 0 Å². The molecule has 0 amide bonds. The Bertz CT molecular complexity index is 599. The van der Waals surface area contributed by atoms with Gasteiger partial charge >= 0.3 is 0 Å². The van der Waals surface area contributed by atoms with Crippen molar-refractivity contribution < 1.29 is 4.74 Å². The first-order valence-corrected chi connectivity index (χ1v) is 6.55. The summed E-state index contributed by atoms with van der Waals surface area (Å²) in [5.74, 6) is 0.781. The Kier molecular flexibility index (Phi) is 3.71. The number of aryl methyl sites for hydroxylation is 2. The minimum Gasteiger partial charge on any atom is -0.490 e. The Morgan fingerprint density at radius 2 is 1.95 bits per heavy atom. The summed E-state index contributed by atoms with van der Waals surface area (Å²) in [6.07, 6.45) is 0. The second-order valence-corrected chi connectivity index (χ2v) is 5.29. The zero-order chi connectivity index (χ0) is 14.2. The molecule has 1 aromatic heterocycles. The van der Waals surface area contributed by atoms with Crippen molar-refractivity contribution in [1.29, 1.82) is 0 Å². The molecular weight excluding hydrogens is 238 g/mol. The van der Waals surface area contributed by atoms with Crippen LogP contribution in [0, 0.1) is 13.8 Å². The maximum absolute atomic E-state index is 6.27. The first kappa shape index (κ1) is 13.7. The Balaban J connectivity index is 2.38. The lowest BCUT2D eigenvalue weighted by atomic mass is 10.1. The summed E-state index contributed by atoms with van der Waals surface area (Å²) in [6.45, 7) is 5.75. The molecule has 0 aliphatic heterocycles. The number of fused-ring (bicyclic) bond motifs is 1. The molecule has 0 fully saturated rings. The summed E-state index contributed by atoms with van der Waals surface area (Å²) >= 11 is 0. The standard InChI is InChI=1S/C15H23N3O/c1-10-11(2)18(5)12-6-7-13(15(16)14(10)12)19-9-8-17(3)4/h6-7H,8-9,16H2,1-5H3. The van der Waals surface area contributed by atoms with Crippen molar-refractivity contribution in [3.63, 3.8) is 0 Å². The number of hydrogen-bond acceptors (Lipinski definition) is 3. The first-order chi connectivity index (χ1) is 8.93. The molecule has 104 valence electrons. The molecule has 0 saturated heterocycles. The number of rotatable bonds is 4. The van der Waals surface area contributed by atoms with E-state index in [0.717, 1.165) is 28.9 Å². The highest BCUT2D eigenvalue weighted by molar-refractivity contribution is 5.98. The number of nitrogens with two attached hydrogens (primary N) is 1. The fourth-order valence-corrected chi connectivity index (χ4v) is 2.34. The van der Waals surface area contributed by atoms with Crippen LogP contribution >= 0.6 is 0 Å². The van der Waals surface area contributed by atoms with Crippen LogP contribution in [-0.4, -0.2) is 36.7 Å². The molecule has 2 N–H and O–H groups in total. The van der Waals surface area contributed by atoms with Crippen molar-refractivity contribution in [2.45, 2.75) is 13.8 Å². The summed E-state index contributed by atoms with van der Waals surface area (Å²) in [6, 6.07) is 4.04. The number of likely N-dealkylation sites (N-methyl/N-ethyl adjacent to an activating group) is 1. The van der Waals surface area contributed by atoms with Gasteiger partial charge in [0.05, 0.1) is 11.2 Å². The van der Waals surface area contributed by atoms with Gasteiger partial charge in [-0.3, -0.25) is 0 Å². The second-order valence-electron chi connectivity index (χ2n) is 5.29. The van der Waals surface area contributed by atoms with E-state index in [1.54, 1.807) is 0 Å². The van der Waals surface area contributed by atoms with Crippen LogP contribution in [0.1, 0.15) is 11.3 Å². The maximum Gasteiger partial charge on any atom is 0.143 e. The van der Waals surface area contributed by atoms with Crippen molar-refractivity contribution in [3.05, 3.63) is 23.4 Å². The van der Waals surface area contributed by atoms with Crippen molar-refractivity contribution in [1.82, 2.24) is 9.47 Å². The van der Waals surface area contributed by atoms with Gasteiger partial charge in [-0.25, -0.2) is 0 Å². The van der Waals surface area contributed by atoms with Crippen molar-refractivity contribution in [3.8, 4) is 5.75 Å². The zero-order valence-corrected chi connectivity index (χ0v) is 12.4. The van der Waals surface area contributed by atoms with Crippen LogP contribution in [0.3, 0.4) is 0 Å². The number of hydrogen-bond donors (Lipinski definition) is 1. The molecule has 0 atom stereocenters. The van der Waals surface area contributed by atoms with E-state index >= 15 is 0 Å². The lowest BCUT2D eigenvalue weighted by Crippen LogP contribution is -2.19. The van der Waals surface area contributed by atoms with Crippen LogP contribution in [0.25, 0.3) is 10.9 Å². The molecule has 0 saturated carbocycles. The van der Waals surface area contributed by atoms with Crippen LogP contribution in [0.4, 0.5) is 5.69 Å². The number of nitrogen functional groups attached to an aromatic ring is 1. The maximum atomic E-state index is 6.27. The number of benzene rings is 1. The van der Waals surface area contributed by atoms with Crippen molar-refractivity contribution >= 4 is 16.6 Å². The van der Waals surface area contributed by atoms with E-state index in [9.17, 15) is 0 Å². The molecule has 0 bridgehead atoms. The topological polar surface area (TPSA) is 43.4 Å². The quantitative estimate of drug-likeness (QED) is 0.859.